The summed E-state index contributed by atoms with van der Waals surface area (Å²) in [6, 6.07) is 0. The van der Waals surface area contributed by atoms with Crippen molar-refractivity contribution in [3.63, 3.8) is 0 Å². The van der Waals surface area contributed by atoms with Crippen molar-refractivity contribution in [2.24, 2.45) is 0 Å². The Bertz CT molecular complexity index is 65.3. The van der Waals surface area contributed by atoms with E-state index < -0.39 is 8.32 Å². The fourth-order valence-electron chi connectivity index (χ4n) is 0.612. The molecule has 1 nitrogen and oxygen atoms in total. The van der Waals surface area contributed by atoms with Gasteiger partial charge in [-0.1, -0.05) is 0 Å². The molecule has 0 fully saturated rings. The smallest absolute Gasteiger partial charge is 0.184 e. The van der Waals surface area contributed by atoms with Gasteiger partial charge in [-0.25, -0.2) is 0 Å². The van der Waals surface area contributed by atoms with Crippen LogP contribution in [-0.4, -0.2) is 18.6 Å². The summed E-state index contributed by atoms with van der Waals surface area (Å²) in [5.41, 5.74) is 1.23. The molecule has 0 saturated heterocycles. The predicted octanol–water partition coefficient (Wildman–Crippen LogP) is 0.713. The zero-order valence-electron chi connectivity index (χ0n) is 6.41. The second-order valence-electron chi connectivity index (χ2n) is 3.12. The molecular formula is C5H15OSi2. The molecule has 0 aromatic carbocycles. The SMILES string of the molecule is C[C]([SiH3])O[Si](C)(C)C. The van der Waals surface area contributed by atoms with E-state index in [1.807, 2.05) is 0 Å². The lowest BCUT2D eigenvalue weighted by molar-refractivity contribution is 0.386. The van der Waals surface area contributed by atoms with Crippen molar-refractivity contribution < 1.29 is 4.43 Å². The predicted molar refractivity (Wildman–Crippen MR) is 43.3 cm³/mol. The summed E-state index contributed by atoms with van der Waals surface area (Å²) >= 11 is 0. The first-order valence-electron chi connectivity index (χ1n) is 2.91. The minimum absolute atomic E-state index is 1.08. The molecule has 0 aliphatic carbocycles. The van der Waals surface area contributed by atoms with Gasteiger partial charge in [0.25, 0.3) is 0 Å². The van der Waals surface area contributed by atoms with Crippen LogP contribution in [0.3, 0.4) is 0 Å². The molecule has 0 aromatic rings. The zero-order valence-corrected chi connectivity index (χ0v) is 9.41. The summed E-state index contributed by atoms with van der Waals surface area (Å²) in [7, 11) is -0.144. The van der Waals surface area contributed by atoms with E-state index in [4.69, 9.17) is 4.43 Å². The molecule has 0 aliphatic rings. The van der Waals surface area contributed by atoms with E-state index in [1.54, 1.807) is 0 Å². The summed E-state index contributed by atoms with van der Waals surface area (Å²) in [4.78, 5) is 0. The Labute approximate surface area is 56.0 Å². The molecule has 49 valence electrons. The first kappa shape index (κ1) is 8.39. The Balaban J connectivity index is 3.39. The first-order chi connectivity index (χ1) is 3.42. The molecule has 3 heteroatoms. The largest absolute Gasteiger partial charge is 0.414 e. The number of hydrogen-bond donors (Lipinski definition) is 0. The highest BCUT2D eigenvalue weighted by Gasteiger charge is 2.15. The molecule has 0 aliphatic heterocycles. The lowest BCUT2D eigenvalue weighted by Gasteiger charge is -2.19. The number of hydrogen-bond acceptors (Lipinski definition) is 1. The Morgan fingerprint density at radius 1 is 1.38 bits per heavy atom. The van der Waals surface area contributed by atoms with Gasteiger partial charge in [0, 0.05) is 10.2 Å². The van der Waals surface area contributed by atoms with Gasteiger partial charge < -0.3 is 4.43 Å². The maximum atomic E-state index is 5.55. The van der Waals surface area contributed by atoms with Crippen molar-refractivity contribution in [3.05, 3.63) is 5.73 Å². The maximum absolute atomic E-state index is 5.55. The molecule has 0 unspecified atom stereocenters. The van der Waals surface area contributed by atoms with Crippen LogP contribution in [0.2, 0.25) is 19.6 Å². The van der Waals surface area contributed by atoms with E-state index in [9.17, 15) is 0 Å². The van der Waals surface area contributed by atoms with Crippen LogP contribution in [0, 0.1) is 5.73 Å². The van der Waals surface area contributed by atoms with Gasteiger partial charge in [0.05, 0.1) is 5.73 Å². The van der Waals surface area contributed by atoms with Crippen LogP contribution in [0.5, 0.6) is 0 Å². The minimum atomic E-state index is -1.22. The van der Waals surface area contributed by atoms with E-state index >= 15 is 0 Å². The van der Waals surface area contributed by atoms with Gasteiger partial charge in [0.2, 0.25) is 0 Å². The lowest BCUT2D eigenvalue weighted by Crippen LogP contribution is -2.26. The van der Waals surface area contributed by atoms with Crippen molar-refractivity contribution in [2.45, 2.75) is 26.6 Å². The quantitative estimate of drug-likeness (QED) is 0.523. The van der Waals surface area contributed by atoms with E-state index in [2.05, 4.69) is 26.6 Å². The lowest BCUT2D eigenvalue weighted by atomic mass is 10.9. The molecule has 0 spiro atoms. The number of rotatable bonds is 2. The zero-order chi connectivity index (χ0) is 6.78. The summed E-state index contributed by atoms with van der Waals surface area (Å²) in [5, 5.41) is 0. The van der Waals surface area contributed by atoms with E-state index in [0.29, 0.717) is 0 Å². The van der Waals surface area contributed by atoms with Gasteiger partial charge >= 0.3 is 0 Å². The van der Waals surface area contributed by atoms with E-state index in [0.717, 1.165) is 10.2 Å². The molecule has 0 saturated carbocycles. The van der Waals surface area contributed by atoms with Crippen LogP contribution in [0.1, 0.15) is 6.92 Å². The second-order valence-corrected chi connectivity index (χ2v) is 8.96. The fraction of sp³-hybridized carbons (Fsp3) is 0.800. The highest BCUT2D eigenvalue weighted by Crippen LogP contribution is 2.07. The van der Waals surface area contributed by atoms with Gasteiger partial charge in [-0.05, 0) is 26.6 Å². The standard InChI is InChI=1S/C5H15OSi2/c1-5(7)6-8(2,3)4/h1-4,7H3. The first-order valence-corrected chi connectivity index (χ1v) is 7.32. The normalized spacial score (nSPS) is 13.1. The summed E-state index contributed by atoms with van der Waals surface area (Å²) < 4.78 is 5.55. The molecular weight excluding hydrogens is 132 g/mol. The third-order valence-corrected chi connectivity index (χ3v) is 2.14. The average Bonchev–Trinajstić information content (AvgIpc) is 1.21. The van der Waals surface area contributed by atoms with Gasteiger partial charge in [0.1, 0.15) is 0 Å². The van der Waals surface area contributed by atoms with Gasteiger partial charge in [0.15, 0.2) is 8.32 Å². The molecule has 0 rings (SSSR count). The van der Waals surface area contributed by atoms with Gasteiger partial charge in [-0.3, -0.25) is 0 Å². The van der Waals surface area contributed by atoms with E-state index in [-0.39, 0.29) is 0 Å². The van der Waals surface area contributed by atoms with Crippen LogP contribution in [-0.2, 0) is 4.43 Å². The minimum Gasteiger partial charge on any atom is -0.414 e. The van der Waals surface area contributed by atoms with Crippen LogP contribution >= 0.6 is 0 Å². The summed E-state index contributed by atoms with van der Waals surface area (Å²) in [6.45, 7) is 8.67. The molecule has 8 heavy (non-hydrogen) atoms. The van der Waals surface area contributed by atoms with E-state index in [1.165, 1.54) is 5.73 Å². The average molecular weight is 147 g/mol. The maximum Gasteiger partial charge on any atom is 0.184 e. The third kappa shape index (κ3) is 6.39. The van der Waals surface area contributed by atoms with Crippen LogP contribution in [0.15, 0.2) is 0 Å². The highest BCUT2D eigenvalue weighted by atomic mass is 28.4. The van der Waals surface area contributed by atoms with Gasteiger partial charge in [-0.15, -0.1) is 0 Å². The molecule has 0 N–H and O–H groups in total. The van der Waals surface area contributed by atoms with Crippen LogP contribution < -0.4 is 0 Å². The van der Waals surface area contributed by atoms with Crippen molar-refractivity contribution in [1.82, 2.24) is 0 Å². The fourth-order valence-corrected chi connectivity index (χ4v) is 3.67. The molecule has 0 aromatic heterocycles. The third-order valence-electron chi connectivity index (χ3n) is 0.510. The highest BCUT2D eigenvalue weighted by molar-refractivity contribution is 6.70. The molecule has 0 atom stereocenters. The molecule has 0 bridgehead atoms. The van der Waals surface area contributed by atoms with Crippen molar-refractivity contribution in [3.8, 4) is 0 Å². The van der Waals surface area contributed by atoms with Crippen LogP contribution in [0.4, 0.5) is 0 Å². The second kappa shape index (κ2) is 2.80. The topological polar surface area (TPSA) is 9.23 Å². The summed E-state index contributed by atoms with van der Waals surface area (Å²) in [5.74, 6) is 0. The van der Waals surface area contributed by atoms with Gasteiger partial charge in [-0.2, -0.15) is 0 Å². The molecule has 0 heterocycles. The Morgan fingerprint density at radius 2 is 1.75 bits per heavy atom. The molecule has 1 radical (unpaired) electrons. The Kier molecular flexibility index (Phi) is 2.94. The van der Waals surface area contributed by atoms with Crippen molar-refractivity contribution in [2.75, 3.05) is 0 Å². The Hall–Kier alpha value is 0.394. The van der Waals surface area contributed by atoms with Crippen LogP contribution in [0.25, 0.3) is 0 Å². The van der Waals surface area contributed by atoms with Crippen molar-refractivity contribution >= 4 is 18.6 Å². The van der Waals surface area contributed by atoms with Crippen molar-refractivity contribution in [1.29, 1.82) is 0 Å². The molecule has 0 amide bonds. The monoisotopic (exact) mass is 147 g/mol. The Morgan fingerprint density at radius 3 is 1.75 bits per heavy atom. The summed E-state index contributed by atoms with van der Waals surface area (Å²) in [6.07, 6.45) is 0.